The van der Waals surface area contributed by atoms with Gasteiger partial charge in [-0.3, -0.25) is 9.59 Å². The van der Waals surface area contributed by atoms with Gasteiger partial charge in [-0.2, -0.15) is 0 Å². The summed E-state index contributed by atoms with van der Waals surface area (Å²) >= 11 is 0. The van der Waals surface area contributed by atoms with E-state index >= 15 is 0 Å². The molecule has 3 heterocycles. The van der Waals surface area contributed by atoms with Crippen molar-refractivity contribution in [3.63, 3.8) is 0 Å². The lowest BCUT2D eigenvalue weighted by Crippen LogP contribution is -2.56. The maximum atomic E-state index is 13.0. The standard InChI is InChI=1S/C25H36N2O5/c1-17(28)26-19-7-5-18(6-8-19)22(30)27-13-11-25(12-14-27)15-21(31-16-25)24(4)10-9-20(29)23(2,3)32-24/h5-8,20-21,29H,9-16H2,1-4H3,(H,26,28)/t20-,21+,24+/m0/s1. The van der Waals surface area contributed by atoms with E-state index in [4.69, 9.17) is 9.47 Å². The van der Waals surface area contributed by atoms with Crippen molar-refractivity contribution in [2.75, 3.05) is 25.0 Å². The summed E-state index contributed by atoms with van der Waals surface area (Å²) in [5.74, 6) is -0.0993. The molecule has 3 fully saturated rings. The number of piperidine rings is 1. The number of nitrogens with one attached hydrogen (secondary N) is 1. The van der Waals surface area contributed by atoms with Gasteiger partial charge in [0.05, 0.1) is 30.0 Å². The Hall–Kier alpha value is -1.96. The number of benzene rings is 1. The highest BCUT2D eigenvalue weighted by molar-refractivity contribution is 5.95. The molecule has 2 amide bonds. The Kier molecular flexibility index (Phi) is 6.11. The lowest BCUT2D eigenvalue weighted by molar-refractivity contribution is -0.245. The number of aliphatic hydroxyl groups is 1. The predicted molar refractivity (Wildman–Crippen MR) is 121 cm³/mol. The maximum absolute atomic E-state index is 13.0. The van der Waals surface area contributed by atoms with Gasteiger partial charge in [0.15, 0.2) is 0 Å². The Labute approximate surface area is 190 Å². The van der Waals surface area contributed by atoms with Crippen LogP contribution in [0.4, 0.5) is 5.69 Å². The number of anilines is 1. The van der Waals surface area contributed by atoms with Gasteiger partial charge in [0.2, 0.25) is 5.91 Å². The van der Waals surface area contributed by atoms with Gasteiger partial charge in [-0.1, -0.05) is 0 Å². The first-order valence-corrected chi connectivity index (χ1v) is 11.7. The van der Waals surface area contributed by atoms with Crippen molar-refractivity contribution in [2.45, 2.75) is 83.2 Å². The molecule has 0 bridgehead atoms. The van der Waals surface area contributed by atoms with Crippen LogP contribution in [0.3, 0.4) is 0 Å². The summed E-state index contributed by atoms with van der Waals surface area (Å²) in [6.07, 6.45) is 3.84. The van der Waals surface area contributed by atoms with Crippen molar-refractivity contribution in [1.82, 2.24) is 4.90 Å². The number of aliphatic hydroxyl groups excluding tert-OH is 1. The first-order valence-electron chi connectivity index (χ1n) is 11.7. The number of carbonyl (C=O) groups is 2. The molecular formula is C25H36N2O5. The van der Waals surface area contributed by atoms with Gasteiger partial charge >= 0.3 is 0 Å². The van der Waals surface area contributed by atoms with Gasteiger partial charge in [-0.15, -0.1) is 0 Å². The van der Waals surface area contributed by atoms with E-state index < -0.39 is 17.3 Å². The van der Waals surface area contributed by atoms with Crippen molar-refractivity contribution >= 4 is 17.5 Å². The van der Waals surface area contributed by atoms with Crippen LogP contribution < -0.4 is 5.32 Å². The molecule has 0 aliphatic carbocycles. The van der Waals surface area contributed by atoms with E-state index in [2.05, 4.69) is 12.2 Å². The van der Waals surface area contributed by atoms with Gasteiger partial charge in [-0.05, 0) is 82.6 Å². The van der Waals surface area contributed by atoms with Crippen LogP contribution in [0.25, 0.3) is 0 Å². The van der Waals surface area contributed by atoms with E-state index in [1.54, 1.807) is 24.3 Å². The Balaban J connectivity index is 1.34. The van der Waals surface area contributed by atoms with Crippen LogP contribution in [0.5, 0.6) is 0 Å². The van der Waals surface area contributed by atoms with Gasteiger partial charge in [0.1, 0.15) is 0 Å². The largest absolute Gasteiger partial charge is 0.390 e. The molecule has 0 saturated carbocycles. The summed E-state index contributed by atoms with van der Waals surface area (Å²) in [5.41, 5.74) is 0.449. The molecule has 32 heavy (non-hydrogen) atoms. The third-order valence-electron chi connectivity index (χ3n) is 7.67. The van der Waals surface area contributed by atoms with E-state index in [0.717, 1.165) is 32.1 Å². The molecule has 7 nitrogen and oxygen atoms in total. The topological polar surface area (TPSA) is 88.1 Å². The fourth-order valence-corrected chi connectivity index (χ4v) is 5.51. The molecule has 4 rings (SSSR count). The van der Waals surface area contributed by atoms with Crippen LogP contribution in [0.2, 0.25) is 0 Å². The second kappa shape index (κ2) is 8.43. The summed E-state index contributed by atoms with van der Waals surface area (Å²) in [5, 5.41) is 13.0. The number of hydrogen-bond acceptors (Lipinski definition) is 5. The zero-order valence-electron chi connectivity index (χ0n) is 19.6. The normalized spacial score (nSPS) is 31.5. The number of hydrogen-bond donors (Lipinski definition) is 2. The molecule has 3 aliphatic rings. The van der Waals surface area contributed by atoms with Crippen molar-refractivity contribution in [2.24, 2.45) is 5.41 Å². The van der Waals surface area contributed by atoms with Crippen LogP contribution >= 0.6 is 0 Å². The summed E-state index contributed by atoms with van der Waals surface area (Å²) in [4.78, 5) is 26.1. The molecule has 0 aromatic heterocycles. The molecule has 176 valence electrons. The molecule has 3 atom stereocenters. The number of carbonyl (C=O) groups excluding carboxylic acids is 2. The average molecular weight is 445 g/mol. The van der Waals surface area contributed by atoms with Gasteiger partial charge in [0, 0.05) is 31.3 Å². The fraction of sp³-hybridized carbons (Fsp3) is 0.680. The highest BCUT2D eigenvalue weighted by atomic mass is 16.6. The SMILES string of the molecule is CC(=O)Nc1ccc(C(=O)N2CCC3(CC2)CO[C@@H]([C@@]2(C)CC[C@H](O)C(C)(C)O2)C3)cc1. The molecule has 7 heteroatoms. The van der Waals surface area contributed by atoms with E-state index in [-0.39, 0.29) is 23.3 Å². The smallest absolute Gasteiger partial charge is 0.253 e. The molecule has 1 aromatic carbocycles. The third-order valence-corrected chi connectivity index (χ3v) is 7.67. The van der Waals surface area contributed by atoms with E-state index in [0.29, 0.717) is 30.9 Å². The van der Waals surface area contributed by atoms with Crippen LogP contribution in [0.15, 0.2) is 24.3 Å². The molecule has 1 spiro atoms. The first kappa shape index (κ1) is 23.2. The van der Waals surface area contributed by atoms with E-state index in [9.17, 15) is 14.7 Å². The first-order chi connectivity index (χ1) is 15.0. The fourth-order valence-electron chi connectivity index (χ4n) is 5.51. The highest BCUT2D eigenvalue weighted by Gasteiger charge is 2.53. The molecule has 1 aromatic rings. The maximum Gasteiger partial charge on any atom is 0.253 e. The Morgan fingerprint density at radius 3 is 2.34 bits per heavy atom. The minimum absolute atomic E-state index is 0.0119. The van der Waals surface area contributed by atoms with Crippen molar-refractivity contribution in [3.8, 4) is 0 Å². The summed E-state index contributed by atoms with van der Waals surface area (Å²) in [6, 6.07) is 7.06. The molecule has 2 N–H and O–H groups in total. The third kappa shape index (κ3) is 4.56. The zero-order chi connectivity index (χ0) is 23.1. The Bertz CT molecular complexity index is 860. The number of ether oxygens (including phenoxy) is 2. The monoisotopic (exact) mass is 444 g/mol. The molecule has 0 unspecified atom stereocenters. The number of rotatable bonds is 3. The van der Waals surface area contributed by atoms with Gasteiger partial charge < -0.3 is 24.8 Å². The summed E-state index contributed by atoms with van der Waals surface area (Å²) in [6.45, 7) is 9.61. The molecule has 0 radical (unpaired) electrons. The molecule has 3 aliphatic heterocycles. The lowest BCUT2D eigenvalue weighted by Gasteiger charge is -2.48. The van der Waals surface area contributed by atoms with Crippen LogP contribution in [0.1, 0.15) is 70.2 Å². The van der Waals surface area contributed by atoms with Gasteiger partial charge in [0.25, 0.3) is 5.91 Å². The summed E-state index contributed by atoms with van der Waals surface area (Å²) < 4.78 is 12.7. The van der Waals surface area contributed by atoms with Crippen LogP contribution in [-0.2, 0) is 14.3 Å². The quantitative estimate of drug-likeness (QED) is 0.746. The zero-order valence-corrected chi connectivity index (χ0v) is 19.6. The van der Waals surface area contributed by atoms with E-state index in [1.165, 1.54) is 6.92 Å². The highest BCUT2D eigenvalue weighted by Crippen LogP contribution is 2.49. The average Bonchev–Trinajstić information content (AvgIpc) is 3.15. The van der Waals surface area contributed by atoms with Crippen LogP contribution in [0, 0.1) is 5.41 Å². The molecule has 3 saturated heterocycles. The second-order valence-corrected chi connectivity index (χ2v) is 10.6. The number of nitrogens with zero attached hydrogens (tertiary/aromatic N) is 1. The van der Waals surface area contributed by atoms with Crippen LogP contribution in [-0.4, -0.2) is 64.9 Å². The van der Waals surface area contributed by atoms with E-state index in [1.807, 2.05) is 18.7 Å². The summed E-state index contributed by atoms with van der Waals surface area (Å²) in [7, 11) is 0. The Morgan fingerprint density at radius 2 is 1.75 bits per heavy atom. The Morgan fingerprint density at radius 1 is 1.09 bits per heavy atom. The molecular weight excluding hydrogens is 408 g/mol. The predicted octanol–water partition coefficient (Wildman–Crippen LogP) is 3.36. The van der Waals surface area contributed by atoms with Crippen molar-refractivity contribution < 1.29 is 24.2 Å². The second-order valence-electron chi connectivity index (χ2n) is 10.6. The number of likely N-dealkylation sites (tertiary alicyclic amines) is 1. The van der Waals surface area contributed by atoms with Crippen molar-refractivity contribution in [3.05, 3.63) is 29.8 Å². The minimum atomic E-state index is -0.572. The van der Waals surface area contributed by atoms with Crippen molar-refractivity contribution in [1.29, 1.82) is 0 Å². The minimum Gasteiger partial charge on any atom is -0.390 e. The number of amides is 2. The lowest BCUT2D eigenvalue weighted by atomic mass is 9.73. The van der Waals surface area contributed by atoms with Gasteiger partial charge in [-0.25, -0.2) is 0 Å².